The van der Waals surface area contributed by atoms with Crippen molar-refractivity contribution in [3.05, 3.63) is 52.5 Å². The Morgan fingerprint density at radius 2 is 1.93 bits per heavy atom. The van der Waals surface area contributed by atoms with E-state index in [0.717, 1.165) is 11.4 Å². The number of guanidine groups is 1. The van der Waals surface area contributed by atoms with E-state index in [2.05, 4.69) is 10.3 Å². The van der Waals surface area contributed by atoms with E-state index in [4.69, 9.17) is 29.0 Å². The minimum atomic E-state index is -0.573. The Morgan fingerprint density at radius 1 is 1.19 bits per heavy atom. The zero-order chi connectivity index (χ0) is 19.1. The van der Waals surface area contributed by atoms with E-state index in [1.807, 2.05) is 29.2 Å². The predicted octanol–water partition coefficient (Wildman–Crippen LogP) is 3.03. The first kappa shape index (κ1) is 17.8. The zero-order valence-corrected chi connectivity index (χ0v) is 15.5. The summed E-state index contributed by atoms with van der Waals surface area (Å²) in [6.07, 6.45) is -0.000896. The molecule has 2 amide bonds. The van der Waals surface area contributed by atoms with Crippen molar-refractivity contribution in [3.63, 3.8) is 0 Å². The number of hydrogen-bond acceptors (Lipinski definition) is 5. The van der Waals surface area contributed by atoms with Crippen molar-refractivity contribution in [1.29, 1.82) is 0 Å². The van der Waals surface area contributed by atoms with E-state index in [-0.39, 0.29) is 18.2 Å². The second-order valence-electron chi connectivity index (χ2n) is 6.30. The molecule has 0 bridgehead atoms. The summed E-state index contributed by atoms with van der Waals surface area (Å²) >= 11 is 11.8. The third-order valence-electron chi connectivity index (χ3n) is 4.49. The zero-order valence-electron chi connectivity index (χ0n) is 14.0. The maximum atomic E-state index is 12.4. The second-order valence-corrected chi connectivity index (χ2v) is 7.11. The van der Waals surface area contributed by atoms with Crippen LogP contribution >= 0.6 is 23.2 Å². The lowest BCUT2D eigenvalue weighted by atomic mass is 10.0. The number of benzene rings is 2. The van der Waals surface area contributed by atoms with Crippen LogP contribution in [0.5, 0.6) is 0 Å². The van der Waals surface area contributed by atoms with Crippen LogP contribution in [0.15, 0.2) is 47.5 Å². The van der Waals surface area contributed by atoms with Crippen LogP contribution in [0.2, 0.25) is 10.0 Å². The monoisotopic (exact) mass is 403 g/mol. The molecule has 0 aliphatic carbocycles. The number of para-hydroxylation sites is 2. The van der Waals surface area contributed by atoms with Gasteiger partial charge in [-0.3, -0.25) is 9.59 Å². The Bertz CT molecular complexity index is 978. The number of carbonyl (C=O) groups excluding carboxylic acids is 2. The molecule has 2 aromatic rings. The lowest BCUT2D eigenvalue weighted by molar-refractivity contribution is -0.126. The maximum Gasteiger partial charge on any atom is 0.254 e. The largest absolute Gasteiger partial charge is 0.326 e. The van der Waals surface area contributed by atoms with Crippen LogP contribution in [-0.4, -0.2) is 24.3 Å². The van der Waals surface area contributed by atoms with E-state index < -0.39 is 5.92 Å². The Balaban J connectivity index is 1.49. The summed E-state index contributed by atoms with van der Waals surface area (Å²) in [5.74, 6) is 5.18. The van der Waals surface area contributed by atoms with Gasteiger partial charge in [0.25, 0.3) is 5.91 Å². The van der Waals surface area contributed by atoms with Gasteiger partial charge in [0.2, 0.25) is 11.9 Å². The summed E-state index contributed by atoms with van der Waals surface area (Å²) in [6, 6.07) is 12.3. The lowest BCUT2D eigenvalue weighted by Gasteiger charge is -2.28. The highest BCUT2D eigenvalue weighted by Crippen LogP contribution is 2.37. The number of amides is 2. The molecule has 1 unspecified atom stereocenters. The number of anilines is 3. The number of hydrazine groups is 1. The highest BCUT2D eigenvalue weighted by molar-refractivity contribution is 6.42. The molecule has 4 rings (SSSR count). The van der Waals surface area contributed by atoms with Gasteiger partial charge in [-0.05, 0) is 30.3 Å². The molecule has 0 saturated carbocycles. The summed E-state index contributed by atoms with van der Waals surface area (Å²) in [7, 11) is 0. The number of nitrogens with one attached hydrogen (secondary N) is 1. The van der Waals surface area contributed by atoms with Gasteiger partial charge in [-0.15, -0.1) is 0 Å². The smallest absolute Gasteiger partial charge is 0.254 e. The van der Waals surface area contributed by atoms with Crippen LogP contribution in [0.1, 0.15) is 6.42 Å². The molecular weight excluding hydrogens is 389 g/mol. The van der Waals surface area contributed by atoms with Crippen LogP contribution in [0.25, 0.3) is 0 Å². The molecule has 3 N–H and O–H groups in total. The first-order chi connectivity index (χ1) is 12.9. The highest BCUT2D eigenvalue weighted by Gasteiger charge is 2.39. The maximum absolute atomic E-state index is 12.4. The van der Waals surface area contributed by atoms with Crippen molar-refractivity contribution in [2.75, 3.05) is 21.8 Å². The fraction of sp³-hybridized carbons (Fsp3) is 0.167. The molecule has 0 fully saturated rings. The van der Waals surface area contributed by atoms with Crippen LogP contribution < -0.4 is 21.1 Å². The fourth-order valence-corrected chi connectivity index (χ4v) is 3.48. The van der Waals surface area contributed by atoms with Gasteiger partial charge < -0.3 is 10.2 Å². The van der Waals surface area contributed by atoms with Crippen molar-refractivity contribution in [3.8, 4) is 0 Å². The molecule has 2 heterocycles. The summed E-state index contributed by atoms with van der Waals surface area (Å²) < 4.78 is 0. The van der Waals surface area contributed by atoms with Gasteiger partial charge in [0.15, 0.2) is 0 Å². The average molecular weight is 404 g/mol. The Hall–Kier alpha value is -2.61. The Labute approximate surface area is 165 Å². The summed E-state index contributed by atoms with van der Waals surface area (Å²) in [5.41, 5.74) is 2.15. The number of nitrogens with zero attached hydrogens (tertiary/aromatic N) is 3. The Morgan fingerprint density at radius 3 is 2.67 bits per heavy atom. The van der Waals surface area contributed by atoms with Crippen LogP contribution in [0.3, 0.4) is 0 Å². The van der Waals surface area contributed by atoms with Gasteiger partial charge in [0.05, 0.1) is 27.3 Å². The predicted molar refractivity (Wildman–Crippen MR) is 106 cm³/mol. The van der Waals surface area contributed by atoms with Crippen LogP contribution in [0, 0.1) is 5.92 Å². The Kier molecular flexibility index (Phi) is 4.51. The van der Waals surface area contributed by atoms with Crippen molar-refractivity contribution >= 4 is 58.0 Å². The summed E-state index contributed by atoms with van der Waals surface area (Å²) in [4.78, 5) is 30.7. The molecule has 0 spiro atoms. The topological polar surface area (TPSA) is 91.0 Å². The van der Waals surface area contributed by atoms with Crippen LogP contribution in [-0.2, 0) is 9.59 Å². The van der Waals surface area contributed by atoms with Crippen molar-refractivity contribution in [1.82, 2.24) is 0 Å². The molecule has 0 radical (unpaired) electrons. The van der Waals surface area contributed by atoms with Crippen LogP contribution in [0.4, 0.5) is 17.1 Å². The number of carbonyl (C=O) groups is 2. The quantitative estimate of drug-likeness (QED) is 0.768. The number of hydrogen-bond donors (Lipinski definition) is 2. The third kappa shape index (κ3) is 3.25. The number of fused-ring (bicyclic) bond motifs is 3. The van der Waals surface area contributed by atoms with Crippen molar-refractivity contribution < 1.29 is 9.59 Å². The first-order valence-electron chi connectivity index (χ1n) is 8.23. The van der Waals surface area contributed by atoms with Gasteiger partial charge in [0.1, 0.15) is 0 Å². The number of halogens is 2. The van der Waals surface area contributed by atoms with E-state index in [9.17, 15) is 9.59 Å². The minimum absolute atomic E-state index is 0.000896. The molecular formula is C18H15Cl2N5O2. The summed E-state index contributed by atoms with van der Waals surface area (Å²) in [5, 5.41) is 4.86. The van der Waals surface area contributed by atoms with Gasteiger partial charge in [-0.1, -0.05) is 35.3 Å². The van der Waals surface area contributed by atoms with Crippen molar-refractivity contribution in [2.45, 2.75) is 6.42 Å². The number of rotatable bonds is 3. The molecule has 2 aliphatic heterocycles. The lowest BCUT2D eigenvalue weighted by Crippen LogP contribution is -2.49. The standard InChI is InChI=1S/C18H15Cl2N5O2/c19-12-6-5-11(8-13(12)20)22-16(26)7-10-9-24-14-3-1-2-4-15(14)25(21)18(24)23-17(10)27/h1-6,8,10H,7,9,21H2,(H,22,26). The fourth-order valence-electron chi connectivity index (χ4n) is 3.19. The van der Waals surface area contributed by atoms with Gasteiger partial charge >= 0.3 is 0 Å². The highest BCUT2D eigenvalue weighted by atomic mass is 35.5. The molecule has 2 aliphatic rings. The molecule has 138 valence electrons. The number of aliphatic imine (C=N–C) groups is 1. The SMILES string of the molecule is NN1C2=NC(=O)C(CC(=O)Nc3ccc(Cl)c(Cl)c3)CN2c2ccccc21. The number of nitrogens with two attached hydrogens (primary N) is 1. The molecule has 7 nitrogen and oxygen atoms in total. The van der Waals surface area contributed by atoms with Gasteiger partial charge in [0, 0.05) is 18.7 Å². The molecule has 9 heteroatoms. The van der Waals surface area contributed by atoms with E-state index in [1.165, 1.54) is 5.01 Å². The first-order valence-corrected chi connectivity index (χ1v) is 8.98. The minimum Gasteiger partial charge on any atom is -0.326 e. The second kappa shape index (κ2) is 6.84. The summed E-state index contributed by atoms with van der Waals surface area (Å²) in [6.45, 7) is 0.331. The van der Waals surface area contributed by atoms with Gasteiger partial charge in [-0.25, -0.2) is 10.9 Å². The average Bonchev–Trinajstić information content (AvgIpc) is 2.91. The van der Waals surface area contributed by atoms with E-state index in [0.29, 0.717) is 28.2 Å². The van der Waals surface area contributed by atoms with E-state index >= 15 is 0 Å². The molecule has 0 aromatic heterocycles. The normalized spacial score (nSPS) is 18.1. The molecule has 1 atom stereocenters. The van der Waals surface area contributed by atoms with E-state index in [1.54, 1.807) is 18.2 Å². The van der Waals surface area contributed by atoms with Crippen molar-refractivity contribution in [2.24, 2.45) is 16.8 Å². The molecule has 2 aromatic carbocycles. The van der Waals surface area contributed by atoms with Gasteiger partial charge in [-0.2, -0.15) is 4.99 Å². The third-order valence-corrected chi connectivity index (χ3v) is 5.23. The molecule has 0 saturated heterocycles. The molecule has 27 heavy (non-hydrogen) atoms.